The minimum Gasteiger partial charge on any atom is -0.333 e. The van der Waals surface area contributed by atoms with Gasteiger partial charge in [0.15, 0.2) is 0 Å². The third-order valence-electron chi connectivity index (χ3n) is 2.63. The lowest BCUT2D eigenvalue weighted by Gasteiger charge is -2.09. The van der Waals surface area contributed by atoms with Gasteiger partial charge >= 0.3 is 5.69 Å². The van der Waals surface area contributed by atoms with Crippen LogP contribution in [0.3, 0.4) is 0 Å². The maximum absolute atomic E-state index is 11.1. The first-order chi connectivity index (χ1) is 10.3. The Labute approximate surface area is 133 Å². The smallest absolute Gasteiger partial charge is 0.332 e. The summed E-state index contributed by atoms with van der Waals surface area (Å²) < 4.78 is 0. The van der Waals surface area contributed by atoms with E-state index in [-0.39, 0.29) is 38.9 Å². The van der Waals surface area contributed by atoms with Crippen LogP contribution in [-0.4, -0.2) is 19.8 Å². The van der Waals surface area contributed by atoms with Crippen LogP contribution in [-0.2, 0) is 0 Å². The number of rotatable bonds is 4. The predicted octanol–water partition coefficient (Wildman–Crippen LogP) is 3.65. The first-order valence-electron chi connectivity index (χ1n) is 5.69. The maximum Gasteiger partial charge on any atom is 0.332 e. The van der Waals surface area contributed by atoms with Crippen molar-refractivity contribution in [3.05, 3.63) is 54.4 Å². The lowest BCUT2D eigenvalue weighted by molar-refractivity contribution is -0.385. The molecule has 0 saturated heterocycles. The van der Waals surface area contributed by atoms with E-state index < -0.39 is 9.85 Å². The van der Waals surface area contributed by atoms with Crippen LogP contribution in [0.25, 0.3) is 0 Å². The topological polar surface area (TPSA) is 124 Å². The summed E-state index contributed by atoms with van der Waals surface area (Å²) in [4.78, 5) is 27.9. The Kier molecular flexibility index (Phi) is 4.38. The number of nitro benzene ring substituents is 1. The van der Waals surface area contributed by atoms with Crippen LogP contribution in [0.4, 0.5) is 22.9 Å². The molecule has 2 aromatic rings. The van der Waals surface area contributed by atoms with Crippen LogP contribution in [0.5, 0.6) is 0 Å². The van der Waals surface area contributed by atoms with Gasteiger partial charge in [0, 0.05) is 12.1 Å². The summed E-state index contributed by atoms with van der Waals surface area (Å²) >= 11 is 11.6. The number of aryl methyl sites for hydroxylation is 1. The molecule has 0 bridgehead atoms. The van der Waals surface area contributed by atoms with E-state index in [1.165, 1.54) is 19.1 Å². The fourth-order valence-corrected chi connectivity index (χ4v) is 2.12. The fraction of sp³-hybridized carbons (Fsp3) is 0.0909. The minimum absolute atomic E-state index is 0.0101. The van der Waals surface area contributed by atoms with E-state index in [0.717, 1.165) is 6.07 Å². The molecular weight excluding hydrogens is 337 g/mol. The zero-order chi connectivity index (χ0) is 16.4. The number of nitro groups is 2. The van der Waals surface area contributed by atoms with Gasteiger partial charge in [-0.25, -0.2) is 4.98 Å². The second-order valence-corrected chi connectivity index (χ2v) is 4.82. The number of halogens is 2. The molecule has 0 fully saturated rings. The molecule has 1 aromatic carbocycles. The van der Waals surface area contributed by atoms with E-state index in [1.54, 1.807) is 0 Å². The molecular formula is C11H7Cl2N5O4. The number of hydrogen-bond acceptors (Lipinski definition) is 7. The van der Waals surface area contributed by atoms with Crippen molar-refractivity contribution in [3.8, 4) is 0 Å². The van der Waals surface area contributed by atoms with Gasteiger partial charge in [0.05, 0.1) is 20.6 Å². The second-order valence-electron chi connectivity index (χ2n) is 4.08. The fourth-order valence-electron chi connectivity index (χ4n) is 1.69. The van der Waals surface area contributed by atoms with E-state index in [2.05, 4.69) is 15.3 Å². The molecule has 0 atom stereocenters. The molecule has 0 saturated carbocycles. The molecule has 1 N–H and O–H groups in total. The Bertz CT molecular complexity index is 783. The zero-order valence-corrected chi connectivity index (χ0v) is 12.4. The summed E-state index contributed by atoms with van der Waals surface area (Å²) in [6.07, 6.45) is 0. The second kappa shape index (κ2) is 6.08. The number of nitrogens with zero attached hydrogens (tertiary/aromatic N) is 4. The van der Waals surface area contributed by atoms with Gasteiger partial charge in [0.1, 0.15) is 5.69 Å². The van der Waals surface area contributed by atoms with Gasteiger partial charge in [-0.05, 0) is 24.6 Å². The van der Waals surface area contributed by atoms with Gasteiger partial charge in [0.2, 0.25) is 11.1 Å². The SMILES string of the molecule is Cc1nc(Cl)nc(Nc2ccc([N+](=O)[O-])cc2Cl)c1[N+](=O)[O-]. The summed E-state index contributed by atoms with van der Waals surface area (Å²) in [6, 6.07) is 3.64. The molecule has 0 spiro atoms. The molecule has 1 aromatic heterocycles. The average molecular weight is 344 g/mol. The highest BCUT2D eigenvalue weighted by molar-refractivity contribution is 6.33. The highest BCUT2D eigenvalue weighted by Crippen LogP contribution is 2.33. The molecule has 2 rings (SSSR count). The van der Waals surface area contributed by atoms with Crippen LogP contribution in [0.1, 0.15) is 5.69 Å². The van der Waals surface area contributed by atoms with E-state index in [9.17, 15) is 20.2 Å². The van der Waals surface area contributed by atoms with E-state index >= 15 is 0 Å². The van der Waals surface area contributed by atoms with Crippen molar-refractivity contribution in [2.24, 2.45) is 0 Å². The van der Waals surface area contributed by atoms with Crippen LogP contribution < -0.4 is 5.32 Å². The Hall–Kier alpha value is -2.52. The monoisotopic (exact) mass is 343 g/mol. The standard InChI is InChI=1S/C11H7Cl2N5O4/c1-5-9(18(21)22)10(16-11(13)14-5)15-8-3-2-6(17(19)20)4-7(8)12/h2-4H,1H3,(H,14,15,16). The van der Waals surface area contributed by atoms with Crippen molar-refractivity contribution < 1.29 is 9.85 Å². The van der Waals surface area contributed by atoms with Crippen LogP contribution in [0, 0.1) is 27.2 Å². The third-order valence-corrected chi connectivity index (χ3v) is 3.11. The Morgan fingerprint density at radius 3 is 2.36 bits per heavy atom. The highest BCUT2D eigenvalue weighted by Gasteiger charge is 2.22. The van der Waals surface area contributed by atoms with Gasteiger partial charge in [-0.1, -0.05) is 11.6 Å². The molecule has 0 aliphatic carbocycles. The largest absolute Gasteiger partial charge is 0.333 e. The van der Waals surface area contributed by atoms with Crippen LogP contribution in [0.15, 0.2) is 18.2 Å². The van der Waals surface area contributed by atoms with Gasteiger partial charge in [-0.15, -0.1) is 0 Å². The summed E-state index contributed by atoms with van der Waals surface area (Å²) in [5.74, 6) is -0.154. The normalized spacial score (nSPS) is 10.3. The molecule has 22 heavy (non-hydrogen) atoms. The number of non-ortho nitro benzene ring substituents is 1. The average Bonchev–Trinajstić information content (AvgIpc) is 2.39. The minimum atomic E-state index is -0.659. The molecule has 0 amide bonds. The quantitative estimate of drug-likeness (QED) is 0.510. The van der Waals surface area contributed by atoms with Gasteiger partial charge in [0.25, 0.3) is 5.69 Å². The molecule has 9 nitrogen and oxygen atoms in total. The van der Waals surface area contributed by atoms with Crippen molar-refractivity contribution in [3.63, 3.8) is 0 Å². The summed E-state index contributed by atoms with van der Waals surface area (Å²) in [6.45, 7) is 1.41. The van der Waals surface area contributed by atoms with Gasteiger partial charge < -0.3 is 5.32 Å². The third kappa shape index (κ3) is 3.21. The lowest BCUT2D eigenvalue weighted by Crippen LogP contribution is -2.04. The molecule has 0 radical (unpaired) electrons. The lowest BCUT2D eigenvalue weighted by atomic mass is 10.2. The first kappa shape index (κ1) is 15.9. The first-order valence-corrected chi connectivity index (χ1v) is 6.44. The van der Waals surface area contributed by atoms with Crippen molar-refractivity contribution in [2.75, 3.05) is 5.32 Å². The summed E-state index contributed by atoms with van der Waals surface area (Å²) in [5, 5.41) is 24.2. The van der Waals surface area contributed by atoms with E-state index in [0.29, 0.717) is 0 Å². The van der Waals surface area contributed by atoms with Crippen molar-refractivity contribution >= 4 is 46.1 Å². The van der Waals surface area contributed by atoms with Crippen LogP contribution >= 0.6 is 23.2 Å². The van der Waals surface area contributed by atoms with Gasteiger partial charge in [-0.2, -0.15) is 4.98 Å². The highest BCUT2D eigenvalue weighted by atomic mass is 35.5. The molecule has 0 unspecified atom stereocenters. The zero-order valence-electron chi connectivity index (χ0n) is 10.9. The van der Waals surface area contributed by atoms with E-state index in [4.69, 9.17) is 23.2 Å². The molecule has 0 aliphatic heterocycles. The number of benzene rings is 1. The number of aromatic nitrogens is 2. The molecule has 0 aliphatic rings. The van der Waals surface area contributed by atoms with E-state index in [1.807, 2.05) is 0 Å². The molecule has 11 heteroatoms. The summed E-state index contributed by atoms with van der Waals surface area (Å²) in [7, 11) is 0. The number of anilines is 2. The predicted molar refractivity (Wildman–Crippen MR) is 79.8 cm³/mol. The number of nitrogens with one attached hydrogen (secondary N) is 1. The maximum atomic E-state index is 11.1. The summed E-state index contributed by atoms with van der Waals surface area (Å²) in [5.41, 5.74) is -0.282. The van der Waals surface area contributed by atoms with Crippen molar-refractivity contribution in [1.82, 2.24) is 9.97 Å². The Morgan fingerprint density at radius 2 is 1.82 bits per heavy atom. The van der Waals surface area contributed by atoms with Crippen molar-refractivity contribution in [1.29, 1.82) is 0 Å². The Morgan fingerprint density at radius 1 is 1.14 bits per heavy atom. The molecule has 114 valence electrons. The van der Waals surface area contributed by atoms with Gasteiger partial charge in [-0.3, -0.25) is 20.2 Å². The van der Waals surface area contributed by atoms with Crippen LogP contribution in [0.2, 0.25) is 10.3 Å². The van der Waals surface area contributed by atoms with Crippen molar-refractivity contribution in [2.45, 2.75) is 6.92 Å². The Balaban J connectivity index is 2.47. The number of hydrogen-bond donors (Lipinski definition) is 1. The molecule has 1 heterocycles.